The van der Waals surface area contributed by atoms with Gasteiger partial charge in [-0.25, -0.2) is 4.79 Å². The van der Waals surface area contributed by atoms with Gasteiger partial charge in [-0.2, -0.15) is 0 Å². The predicted molar refractivity (Wildman–Crippen MR) is 108 cm³/mol. The first kappa shape index (κ1) is 20.6. The van der Waals surface area contributed by atoms with E-state index in [1.165, 1.54) is 38.5 Å². The van der Waals surface area contributed by atoms with E-state index in [4.69, 9.17) is 9.47 Å². The third-order valence-electron chi connectivity index (χ3n) is 4.61. The van der Waals surface area contributed by atoms with Crippen molar-refractivity contribution in [3.05, 3.63) is 69.4 Å². The molecule has 1 unspecified atom stereocenters. The van der Waals surface area contributed by atoms with Crippen LogP contribution in [0, 0.1) is 10.1 Å². The number of allylic oxidation sites excluding steroid dienone is 1. The summed E-state index contributed by atoms with van der Waals surface area (Å²) in [4.78, 5) is 35.5. The lowest BCUT2D eigenvalue weighted by Crippen LogP contribution is -2.46. The zero-order chi connectivity index (χ0) is 21.8. The number of non-ortho nitro benzene ring substituents is 1. The molecule has 3 amide bonds. The Hall–Kier alpha value is -4.08. The number of anilines is 1. The molecule has 2 aromatic carbocycles. The van der Waals surface area contributed by atoms with Gasteiger partial charge in [0.25, 0.3) is 11.6 Å². The Bertz CT molecular complexity index is 1030. The van der Waals surface area contributed by atoms with E-state index >= 15 is 0 Å². The summed E-state index contributed by atoms with van der Waals surface area (Å²) in [5, 5.41) is 19.0. The van der Waals surface area contributed by atoms with E-state index in [-0.39, 0.29) is 11.3 Å². The number of carbonyl (C=O) groups is 2. The van der Waals surface area contributed by atoms with Crippen molar-refractivity contribution in [1.82, 2.24) is 10.6 Å². The maximum atomic E-state index is 13.1. The molecular weight excluding hydrogens is 392 g/mol. The van der Waals surface area contributed by atoms with Crippen LogP contribution in [0.2, 0.25) is 0 Å². The fraction of sp³-hybridized carbons (Fsp3) is 0.200. The molecule has 1 heterocycles. The monoisotopic (exact) mass is 412 g/mol. The Labute approximate surface area is 172 Å². The summed E-state index contributed by atoms with van der Waals surface area (Å²) in [5.41, 5.74) is 1.45. The van der Waals surface area contributed by atoms with Crippen molar-refractivity contribution < 1.29 is 24.0 Å². The lowest BCUT2D eigenvalue weighted by atomic mass is 9.94. The van der Waals surface area contributed by atoms with Crippen molar-refractivity contribution >= 4 is 23.3 Å². The first-order valence-corrected chi connectivity index (χ1v) is 8.90. The minimum Gasteiger partial charge on any atom is -0.497 e. The van der Waals surface area contributed by atoms with E-state index in [0.29, 0.717) is 28.4 Å². The number of nitro benzene ring substituents is 1. The van der Waals surface area contributed by atoms with Crippen LogP contribution in [0.3, 0.4) is 0 Å². The smallest absolute Gasteiger partial charge is 0.319 e. The van der Waals surface area contributed by atoms with Crippen LogP contribution in [0.25, 0.3) is 0 Å². The third-order valence-corrected chi connectivity index (χ3v) is 4.61. The predicted octanol–water partition coefficient (Wildman–Crippen LogP) is 2.88. The summed E-state index contributed by atoms with van der Waals surface area (Å²) in [6, 6.07) is 9.33. The molecule has 1 aliphatic rings. The van der Waals surface area contributed by atoms with E-state index in [9.17, 15) is 19.7 Å². The van der Waals surface area contributed by atoms with Crippen LogP contribution in [-0.2, 0) is 4.79 Å². The van der Waals surface area contributed by atoms with Gasteiger partial charge in [-0.3, -0.25) is 14.9 Å². The first-order chi connectivity index (χ1) is 14.3. The Morgan fingerprint density at radius 1 is 1.13 bits per heavy atom. The molecular formula is C20H20N4O6. The van der Waals surface area contributed by atoms with Gasteiger partial charge in [0, 0.05) is 23.9 Å². The highest BCUT2D eigenvalue weighted by Crippen LogP contribution is 2.32. The number of hydrogen-bond acceptors (Lipinski definition) is 6. The molecule has 0 saturated carbocycles. The van der Waals surface area contributed by atoms with Crippen LogP contribution in [-0.4, -0.2) is 31.1 Å². The van der Waals surface area contributed by atoms with E-state index in [1.54, 1.807) is 25.1 Å². The quantitative estimate of drug-likeness (QED) is 0.494. The van der Waals surface area contributed by atoms with Crippen LogP contribution in [0.1, 0.15) is 18.5 Å². The highest BCUT2D eigenvalue weighted by atomic mass is 16.6. The average molecular weight is 412 g/mol. The number of nitrogens with zero attached hydrogens (tertiary/aromatic N) is 1. The molecule has 2 aromatic rings. The number of ether oxygens (including phenoxy) is 2. The van der Waals surface area contributed by atoms with Gasteiger partial charge in [-0.1, -0.05) is 0 Å². The summed E-state index contributed by atoms with van der Waals surface area (Å²) in [6.07, 6.45) is 0. The lowest BCUT2D eigenvalue weighted by molar-refractivity contribution is -0.384. The molecule has 3 rings (SSSR count). The zero-order valence-electron chi connectivity index (χ0n) is 16.5. The van der Waals surface area contributed by atoms with Crippen molar-refractivity contribution in [2.24, 2.45) is 0 Å². The van der Waals surface area contributed by atoms with Gasteiger partial charge in [0.1, 0.15) is 11.5 Å². The third kappa shape index (κ3) is 4.17. The lowest BCUT2D eigenvalue weighted by Gasteiger charge is -2.28. The number of carbonyl (C=O) groups excluding carboxylic acids is 2. The number of benzene rings is 2. The summed E-state index contributed by atoms with van der Waals surface area (Å²) >= 11 is 0. The van der Waals surface area contributed by atoms with Crippen LogP contribution in [0.4, 0.5) is 16.2 Å². The molecule has 3 N–H and O–H groups in total. The van der Waals surface area contributed by atoms with E-state index in [1.807, 2.05) is 0 Å². The number of hydrogen-bond donors (Lipinski definition) is 3. The molecule has 30 heavy (non-hydrogen) atoms. The van der Waals surface area contributed by atoms with Crippen molar-refractivity contribution in [2.75, 3.05) is 19.5 Å². The summed E-state index contributed by atoms with van der Waals surface area (Å²) in [5.74, 6) is 0.482. The van der Waals surface area contributed by atoms with Crippen LogP contribution < -0.4 is 25.4 Å². The Morgan fingerprint density at radius 3 is 2.43 bits per heavy atom. The van der Waals surface area contributed by atoms with Crippen LogP contribution in [0.15, 0.2) is 53.7 Å². The summed E-state index contributed by atoms with van der Waals surface area (Å²) in [6.45, 7) is 1.61. The van der Waals surface area contributed by atoms with E-state index < -0.39 is 22.9 Å². The number of rotatable bonds is 6. The number of amides is 3. The second kappa shape index (κ2) is 8.52. The van der Waals surface area contributed by atoms with Crippen LogP contribution in [0.5, 0.6) is 11.5 Å². The molecule has 0 saturated heterocycles. The van der Waals surface area contributed by atoms with Gasteiger partial charge in [0.2, 0.25) is 0 Å². The fourth-order valence-electron chi connectivity index (χ4n) is 3.13. The molecule has 1 atom stereocenters. The minimum absolute atomic E-state index is 0.0909. The Balaban J connectivity index is 1.96. The second-order valence-electron chi connectivity index (χ2n) is 6.44. The molecule has 0 bridgehead atoms. The zero-order valence-corrected chi connectivity index (χ0v) is 16.5. The molecule has 1 aliphatic heterocycles. The SMILES string of the molecule is COc1ccc(OC)c(NC(=O)C2=C(C)NC(=O)NC2c2ccc([N+](=O)[O-])cc2)c1. The van der Waals surface area contributed by atoms with Gasteiger partial charge in [0.15, 0.2) is 0 Å². The molecule has 10 nitrogen and oxygen atoms in total. The van der Waals surface area contributed by atoms with Gasteiger partial charge in [-0.15, -0.1) is 0 Å². The average Bonchev–Trinajstić information content (AvgIpc) is 2.73. The number of urea groups is 1. The summed E-state index contributed by atoms with van der Waals surface area (Å²) in [7, 11) is 2.98. The van der Waals surface area contributed by atoms with Crippen molar-refractivity contribution in [3.8, 4) is 11.5 Å². The van der Waals surface area contributed by atoms with Crippen molar-refractivity contribution in [3.63, 3.8) is 0 Å². The molecule has 0 aliphatic carbocycles. The normalized spacial score (nSPS) is 15.7. The van der Waals surface area contributed by atoms with Crippen molar-refractivity contribution in [2.45, 2.75) is 13.0 Å². The number of nitrogens with one attached hydrogen (secondary N) is 3. The topological polar surface area (TPSA) is 132 Å². The van der Waals surface area contributed by atoms with Gasteiger partial charge in [0.05, 0.1) is 36.4 Å². The maximum Gasteiger partial charge on any atom is 0.319 e. The molecule has 0 aromatic heterocycles. The standard InChI is InChI=1S/C20H20N4O6/c1-11-17(19(25)22-15-10-14(29-2)8-9-16(15)30-3)18(23-20(26)21-11)12-4-6-13(7-5-12)24(27)28/h4-10,18H,1-3H3,(H,22,25)(H2,21,23,26). The van der Waals surface area contributed by atoms with Crippen molar-refractivity contribution in [1.29, 1.82) is 0 Å². The molecule has 0 fully saturated rings. The molecule has 156 valence electrons. The second-order valence-corrected chi connectivity index (χ2v) is 6.44. The first-order valence-electron chi connectivity index (χ1n) is 8.90. The van der Waals surface area contributed by atoms with Gasteiger partial charge >= 0.3 is 6.03 Å². The van der Waals surface area contributed by atoms with Gasteiger partial charge in [-0.05, 0) is 36.8 Å². The highest BCUT2D eigenvalue weighted by Gasteiger charge is 2.31. The van der Waals surface area contributed by atoms with Gasteiger partial charge < -0.3 is 25.4 Å². The largest absolute Gasteiger partial charge is 0.497 e. The molecule has 10 heteroatoms. The Kier molecular flexibility index (Phi) is 5.86. The fourth-order valence-corrected chi connectivity index (χ4v) is 3.13. The number of nitro groups is 1. The number of methoxy groups -OCH3 is 2. The Morgan fingerprint density at radius 2 is 1.83 bits per heavy atom. The molecule has 0 spiro atoms. The van der Waals surface area contributed by atoms with E-state index in [0.717, 1.165) is 0 Å². The maximum absolute atomic E-state index is 13.1. The summed E-state index contributed by atoms with van der Waals surface area (Å²) < 4.78 is 10.5. The van der Waals surface area contributed by atoms with E-state index in [2.05, 4.69) is 16.0 Å². The highest BCUT2D eigenvalue weighted by molar-refractivity contribution is 6.07. The van der Waals surface area contributed by atoms with Crippen LogP contribution >= 0.6 is 0 Å². The molecule has 0 radical (unpaired) electrons. The minimum atomic E-state index is -0.795.